The zero-order valence-corrected chi connectivity index (χ0v) is 15.6. The molecule has 0 aliphatic rings. The molecule has 0 saturated carbocycles. The lowest BCUT2D eigenvalue weighted by Crippen LogP contribution is -2.28. The van der Waals surface area contributed by atoms with Crippen LogP contribution in [-0.2, 0) is 11.3 Å². The molecule has 3 heterocycles. The van der Waals surface area contributed by atoms with Gasteiger partial charge in [0.05, 0.1) is 5.69 Å². The Hall–Kier alpha value is -4.27. The van der Waals surface area contributed by atoms with Gasteiger partial charge >= 0.3 is 5.69 Å². The number of anilines is 1. The van der Waals surface area contributed by atoms with E-state index >= 15 is 0 Å². The van der Waals surface area contributed by atoms with Crippen molar-refractivity contribution in [3.63, 3.8) is 0 Å². The van der Waals surface area contributed by atoms with Crippen molar-refractivity contribution < 1.29 is 9.18 Å². The molecule has 2 aromatic carbocycles. The summed E-state index contributed by atoms with van der Waals surface area (Å²) >= 11 is 0. The number of para-hydroxylation sites is 1. The molecule has 1 amide bonds. The van der Waals surface area contributed by atoms with Gasteiger partial charge in [0, 0.05) is 23.6 Å². The lowest BCUT2D eigenvalue weighted by Gasteiger charge is -2.03. The molecule has 0 bridgehead atoms. The van der Waals surface area contributed by atoms with Gasteiger partial charge in [0.15, 0.2) is 5.65 Å². The van der Waals surface area contributed by atoms with E-state index in [0.29, 0.717) is 22.5 Å². The normalized spacial score (nSPS) is 11.2. The van der Waals surface area contributed by atoms with Gasteiger partial charge in [-0.05, 0) is 42.5 Å². The topological polar surface area (TPSA) is 85.7 Å². The van der Waals surface area contributed by atoms with Crippen molar-refractivity contribution in [2.45, 2.75) is 6.54 Å². The van der Waals surface area contributed by atoms with Crippen LogP contribution in [0.1, 0.15) is 0 Å². The van der Waals surface area contributed by atoms with Gasteiger partial charge in [0.1, 0.15) is 17.9 Å². The first-order valence-electron chi connectivity index (χ1n) is 9.17. The molecule has 148 valence electrons. The molecular formula is C21H15FN6O2. The highest BCUT2D eigenvalue weighted by atomic mass is 19.1. The molecule has 0 aliphatic carbocycles. The van der Waals surface area contributed by atoms with Crippen LogP contribution >= 0.6 is 0 Å². The molecule has 5 aromatic rings. The van der Waals surface area contributed by atoms with E-state index in [0.717, 1.165) is 10.2 Å². The van der Waals surface area contributed by atoms with Gasteiger partial charge in [-0.15, -0.1) is 5.10 Å². The largest absolute Gasteiger partial charge is 0.350 e. The van der Waals surface area contributed by atoms with Crippen molar-refractivity contribution >= 4 is 22.8 Å². The second kappa shape index (κ2) is 6.96. The number of fused-ring (bicyclic) bond motifs is 3. The maximum absolute atomic E-state index is 13.2. The molecule has 3 aromatic heterocycles. The molecule has 1 N–H and O–H groups in total. The summed E-state index contributed by atoms with van der Waals surface area (Å²) < 4.78 is 17.3. The third kappa shape index (κ3) is 3.12. The Bertz CT molecular complexity index is 1430. The maximum atomic E-state index is 13.2. The summed E-state index contributed by atoms with van der Waals surface area (Å²) in [5, 5.41) is 11.5. The molecule has 0 radical (unpaired) electrons. The molecule has 0 spiro atoms. The first-order valence-corrected chi connectivity index (χ1v) is 9.17. The van der Waals surface area contributed by atoms with Crippen LogP contribution in [0.15, 0.2) is 77.9 Å². The summed E-state index contributed by atoms with van der Waals surface area (Å²) in [7, 11) is 0. The van der Waals surface area contributed by atoms with Gasteiger partial charge in [0.2, 0.25) is 5.91 Å². The molecule has 0 fully saturated rings. The zero-order valence-electron chi connectivity index (χ0n) is 15.6. The number of hydrogen-bond donors (Lipinski definition) is 1. The second-order valence-corrected chi connectivity index (χ2v) is 6.71. The fourth-order valence-corrected chi connectivity index (χ4v) is 3.26. The number of hydrogen-bond acceptors (Lipinski definition) is 4. The number of amides is 1. The fourth-order valence-electron chi connectivity index (χ4n) is 3.26. The molecule has 0 aliphatic heterocycles. The Morgan fingerprint density at radius 3 is 2.53 bits per heavy atom. The summed E-state index contributed by atoms with van der Waals surface area (Å²) in [6.45, 7) is -0.222. The summed E-state index contributed by atoms with van der Waals surface area (Å²) in [6.07, 6.45) is 3.18. The van der Waals surface area contributed by atoms with Crippen molar-refractivity contribution in [1.29, 1.82) is 0 Å². The first kappa shape index (κ1) is 17.8. The standard InChI is InChI=1S/C21H15FN6O2/c22-15-8-6-14(7-9-15)17-12-18-20-25-28(21(30)26(20)10-11-27(18)24-17)13-19(29)23-16-4-2-1-3-5-16/h1-12H,13H2,(H,23,29). The quantitative estimate of drug-likeness (QED) is 0.501. The Kier molecular flexibility index (Phi) is 4.13. The molecule has 0 atom stereocenters. The van der Waals surface area contributed by atoms with Crippen molar-refractivity contribution in [2.75, 3.05) is 5.32 Å². The van der Waals surface area contributed by atoms with E-state index in [2.05, 4.69) is 15.5 Å². The highest BCUT2D eigenvalue weighted by Gasteiger charge is 2.15. The average Bonchev–Trinajstić information content (AvgIpc) is 3.31. The van der Waals surface area contributed by atoms with Crippen LogP contribution < -0.4 is 11.0 Å². The molecule has 30 heavy (non-hydrogen) atoms. The Morgan fingerprint density at radius 2 is 1.77 bits per heavy atom. The maximum Gasteiger partial charge on any atom is 0.350 e. The number of nitrogens with one attached hydrogen (secondary N) is 1. The number of benzene rings is 2. The molecule has 5 rings (SSSR count). The van der Waals surface area contributed by atoms with Crippen LogP contribution in [0.25, 0.3) is 22.4 Å². The third-order valence-electron chi connectivity index (χ3n) is 4.68. The minimum Gasteiger partial charge on any atom is -0.324 e. The second-order valence-electron chi connectivity index (χ2n) is 6.71. The fraction of sp³-hybridized carbons (Fsp3) is 0.0476. The van der Waals surface area contributed by atoms with Crippen LogP contribution in [0.3, 0.4) is 0 Å². The van der Waals surface area contributed by atoms with Crippen LogP contribution in [-0.4, -0.2) is 29.7 Å². The number of halogens is 1. The lowest BCUT2D eigenvalue weighted by atomic mass is 10.1. The monoisotopic (exact) mass is 402 g/mol. The van der Waals surface area contributed by atoms with Crippen molar-refractivity contribution in [3.05, 3.63) is 89.4 Å². The molecule has 0 saturated heterocycles. The number of carbonyl (C=O) groups excluding carboxylic acids is 1. The highest BCUT2D eigenvalue weighted by Crippen LogP contribution is 2.21. The Labute approximate surface area is 168 Å². The van der Waals surface area contributed by atoms with Gasteiger partial charge in [-0.2, -0.15) is 5.10 Å². The summed E-state index contributed by atoms with van der Waals surface area (Å²) in [5.74, 6) is -0.688. The summed E-state index contributed by atoms with van der Waals surface area (Å²) in [4.78, 5) is 25.0. The van der Waals surface area contributed by atoms with Crippen molar-refractivity contribution in [2.24, 2.45) is 0 Å². The zero-order chi connectivity index (χ0) is 20.7. The molecular weight excluding hydrogens is 387 g/mol. The van der Waals surface area contributed by atoms with Gasteiger partial charge in [-0.1, -0.05) is 18.2 Å². The van der Waals surface area contributed by atoms with Crippen LogP contribution in [0.2, 0.25) is 0 Å². The first-order chi connectivity index (χ1) is 14.6. The third-order valence-corrected chi connectivity index (χ3v) is 4.68. The molecule has 0 unspecified atom stereocenters. The minimum atomic E-state index is -0.430. The van der Waals surface area contributed by atoms with E-state index < -0.39 is 5.69 Å². The predicted molar refractivity (Wildman–Crippen MR) is 109 cm³/mol. The number of carbonyl (C=O) groups is 1. The van der Waals surface area contributed by atoms with Crippen LogP contribution in [0.5, 0.6) is 0 Å². The Balaban J connectivity index is 1.51. The van der Waals surface area contributed by atoms with Gasteiger partial charge in [0.25, 0.3) is 0 Å². The minimum absolute atomic E-state index is 0.222. The van der Waals surface area contributed by atoms with E-state index in [4.69, 9.17) is 0 Å². The number of nitrogens with zero attached hydrogens (tertiary/aromatic N) is 5. The highest BCUT2D eigenvalue weighted by molar-refractivity contribution is 5.90. The SMILES string of the molecule is O=C(Cn1nc2c3cc(-c4ccc(F)cc4)nn3ccn2c1=O)Nc1ccccc1. The van der Waals surface area contributed by atoms with Gasteiger partial charge < -0.3 is 5.32 Å². The average molecular weight is 402 g/mol. The molecule has 8 nitrogen and oxygen atoms in total. The predicted octanol–water partition coefficient (Wildman–Crippen LogP) is 2.59. The van der Waals surface area contributed by atoms with E-state index in [-0.39, 0.29) is 18.3 Å². The summed E-state index contributed by atoms with van der Waals surface area (Å²) in [5.41, 5.74) is 2.53. The van der Waals surface area contributed by atoms with Crippen LogP contribution in [0.4, 0.5) is 10.1 Å². The number of rotatable bonds is 4. The van der Waals surface area contributed by atoms with Crippen molar-refractivity contribution in [3.8, 4) is 11.3 Å². The van der Waals surface area contributed by atoms with E-state index in [9.17, 15) is 14.0 Å². The lowest BCUT2D eigenvalue weighted by molar-refractivity contribution is -0.117. The van der Waals surface area contributed by atoms with Crippen LogP contribution in [0, 0.1) is 5.82 Å². The number of aromatic nitrogens is 5. The van der Waals surface area contributed by atoms with E-state index in [1.54, 1.807) is 47.2 Å². The molecule has 9 heteroatoms. The van der Waals surface area contributed by atoms with E-state index in [1.807, 2.05) is 18.2 Å². The smallest absolute Gasteiger partial charge is 0.324 e. The van der Waals surface area contributed by atoms with Crippen molar-refractivity contribution in [1.82, 2.24) is 23.8 Å². The van der Waals surface area contributed by atoms with Gasteiger partial charge in [-0.3, -0.25) is 4.79 Å². The Morgan fingerprint density at radius 1 is 1.00 bits per heavy atom. The van der Waals surface area contributed by atoms with Gasteiger partial charge in [-0.25, -0.2) is 22.8 Å². The summed E-state index contributed by atoms with van der Waals surface area (Å²) in [6, 6.07) is 16.7. The van der Waals surface area contributed by atoms with E-state index in [1.165, 1.54) is 16.5 Å².